The average molecular weight is 328 g/mol. The van der Waals surface area contributed by atoms with Crippen LogP contribution in [0, 0.1) is 0 Å². The number of benzene rings is 1. The maximum absolute atomic E-state index is 12.4. The van der Waals surface area contributed by atoms with Crippen molar-refractivity contribution in [3.05, 3.63) is 36.9 Å². The van der Waals surface area contributed by atoms with Gasteiger partial charge in [-0.05, 0) is 37.8 Å². The first-order valence-corrected chi connectivity index (χ1v) is 8.32. The van der Waals surface area contributed by atoms with Gasteiger partial charge in [-0.2, -0.15) is 5.10 Å². The Morgan fingerprint density at radius 1 is 1.17 bits per heavy atom. The van der Waals surface area contributed by atoms with E-state index in [4.69, 9.17) is 9.47 Å². The van der Waals surface area contributed by atoms with Gasteiger partial charge in [-0.1, -0.05) is 12.1 Å². The Balaban J connectivity index is 1.30. The highest BCUT2D eigenvalue weighted by atomic mass is 16.6. The normalized spacial score (nSPS) is 25.9. The fourth-order valence-corrected chi connectivity index (χ4v) is 3.33. The molecule has 0 radical (unpaired) electrons. The van der Waals surface area contributed by atoms with Crippen molar-refractivity contribution in [2.75, 3.05) is 6.61 Å². The number of ether oxygens (including phenoxy) is 2. The van der Waals surface area contributed by atoms with Gasteiger partial charge in [0.1, 0.15) is 19.3 Å². The lowest BCUT2D eigenvalue weighted by Crippen LogP contribution is -2.48. The summed E-state index contributed by atoms with van der Waals surface area (Å²) in [6.07, 6.45) is 6.56. The summed E-state index contributed by atoms with van der Waals surface area (Å²) >= 11 is 0. The molecule has 2 aliphatic rings. The Morgan fingerprint density at radius 2 is 1.96 bits per heavy atom. The molecule has 126 valence electrons. The van der Waals surface area contributed by atoms with Crippen molar-refractivity contribution in [1.82, 2.24) is 20.1 Å². The second kappa shape index (κ2) is 6.51. The number of carbonyl (C=O) groups excluding carboxylic acids is 1. The lowest BCUT2D eigenvalue weighted by Gasteiger charge is -2.31. The van der Waals surface area contributed by atoms with E-state index in [0.717, 1.165) is 25.7 Å². The van der Waals surface area contributed by atoms with E-state index in [1.165, 1.54) is 0 Å². The molecule has 0 spiro atoms. The van der Waals surface area contributed by atoms with Crippen molar-refractivity contribution >= 4 is 5.91 Å². The van der Waals surface area contributed by atoms with Gasteiger partial charge in [0.25, 0.3) is 5.91 Å². The highest BCUT2D eigenvalue weighted by Crippen LogP contribution is 2.31. The predicted octanol–water partition coefficient (Wildman–Crippen LogP) is 1.72. The third-order valence-corrected chi connectivity index (χ3v) is 4.65. The maximum atomic E-state index is 12.4. The maximum Gasteiger partial charge on any atom is 0.264 e. The molecule has 1 aliphatic carbocycles. The second-order valence-corrected chi connectivity index (χ2v) is 6.25. The van der Waals surface area contributed by atoms with Crippen LogP contribution in [0.5, 0.6) is 11.5 Å². The van der Waals surface area contributed by atoms with E-state index in [0.29, 0.717) is 17.5 Å². The summed E-state index contributed by atoms with van der Waals surface area (Å²) in [6, 6.07) is 7.97. The van der Waals surface area contributed by atoms with Crippen molar-refractivity contribution in [1.29, 1.82) is 0 Å². The molecule has 2 heterocycles. The first kappa shape index (κ1) is 15.0. The van der Waals surface area contributed by atoms with Gasteiger partial charge in [-0.25, -0.2) is 9.67 Å². The number of rotatable bonds is 3. The minimum absolute atomic E-state index is 0.103. The van der Waals surface area contributed by atoms with Crippen LogP contribution >= 0.6 is 0 Å². The van der Waals surface area contributed by atoms with Gasteiger partial charge in [0.2, 0.25) is 6.10 Å². The average Bonchev–Trinajstić information content (AvgIpc) is 3.16. The van der Waals surface area contributed by atoms with Gasteiger partial charge in [0.15, 0.2) is 11.5 Å². The van der Waals surface area contributed by atoms with Crippen LogP contribution < -0.4 is 14.8 Å². The Kier molecular flexibility index (Phi) is 4.06. The van der Waals surface area contributed by atoms with Gasteiger partial charge in [0, 0.05) is 6.04 Å². The Morgan fingerprint density at radius 3 is 2.71 bits per heavy atom. The number of para-hydroxylation sites is 2. The molecular weight excluding hydrogens is 308 g/mol. The standard InChI is InChI=1S/C17H20N4O3/c22-17(16-9-23-14-3-1-2-4-15(14)24-16)20-12-5-7-13(8-6-12)21-11-18-10-19-21/h1-4,10-13,16H,5-9H2,(H,20,22). The van der Waals surface area contributed by atoms with Gasteiger partial charge in [-0.3, -0.25) is 4.79 Å². The number of carbonyl (C=O) groups is 1. The number of aromatic nitrogens is 3. The first-order valence-electron chi connectivity index (χ1n) is 8.32. The number of nitrogens with one attached hydrogen (secondary N) is 1. The first-order chi connectivity index (χ1) is 11.8. The summed E-state index contributed by atoms with van der Waals surface area (Å²) in [7, 11) is 0. The molecule has 1 saturated carbocycles. The molecule has 1 N–H and O–H groups in total. The van der Waals surface area contributed by atoms with Gasteiger partial charge in [0.05, 0.1) is 6.04 Å². The fourth-order valence-electron chi connectivity index (χ4n) is 3.33. The van der Waals surface area contributed by atoms with Crippen LogP contribution in [-0.4, -0.2) is 39.4 Å². The molecule has 7 heteroatoms. The zero-order valence-electron chi connectivity index (χ0n) is 13.3. The zero-order valence-corrected chi connectivity index (χ0v) is 13.3. The van der Waals surface area contributed by atoms with Gasteiger partial charge < -0.3 is 14.8 Å². The van der Waals surface area contributed by atoms with Crippen LogP contribution in [0.25, 0.3) is 0 Å². The molecule has 1 aromatic carbocycles. The topological polar surface area (TPSA) is 78.3 Å². The van der Waals surface area contributed by atoms with Crippen LogP contribution in [0.2, 0.25) is 0 Å². The quantitative estimate of drug-likeness (QED) is 0.928. The van der Waals surface area contributed by atoms with Crippen LogP contribution in [0.1, 0.15) is 31.7 Å². The smallest absolute Gasteiger partial charge is 0.264 e. The number of nitrogens with zero attached hydrogens (tertiary/aromatic N) is 3. The van der Waals surface area contributed by atoms with Crippen LogP contribution in [0.3, 0.4) is 0 Å². The minimum atomic E-state index is -0.590. The van der Waals surface area contributed by atoms with Gasteiger partial charge in [-0.15, -0.1) is 0 Å². The lowest BCUT2D eigenvalue weighted by atomic mass is 9.91. The van der Waals surface area contributed by atoms with Crippen molar-refractivity contribution in [2.24, 2.45) is 0 Å². The summed E-state index contributed by atoms with van der Waals surface area (Å²) in [5.74, 6) is 1.21. The Hall–Kier alpha value is -2.57. The van der Waals surface area contributed by atoms with Crippen LogP contribution in [0.4, 0.5) is 0 Å². The molecule has 7 nitrogen and oxygen atoms in total. The number of amides is 1. The molecule has 1 aromatic heterocycles. The molecule has 1 aliphatic heterocycles. The second-order valence-electron chi connectivity index (χ2n) is 6.25. The van der Waals surface area contributed by atoms with Crippen molar-refractivity contribution in [2.45, 2.75) is 43.9 Å². The molecule has 1 atom stereocenters. The van der Waals surface area contributed by atoms with Crippen molar-refractivity contribution < 1.29 is 14.3 Å². The highest BCUT2D eigenvalue weighted by Gasteiger charge is 2.30. The molecule has 1 unspecified atom stereocenters. The molecule has 24 heavy (non-hydrogen) atoms. The summed E-state index contributed by atoms with van der Waals surface area (Å²) in [5, 5.41) is 7.30. The Labute approximate surface area is 140 Å². The van der Waals surface area contributed by atoms with E-state index in [1.807, 2.05) is 28.9 Å². The van der Waals surface area contributed by atoms with E-state index in [9.17, 15) is 4.79 Å². The van der Waals surface area contributed by atoms with E-state index >= 15 is 0 Å². The molecule has 0 saturated heterocycles. The molecule has 2 aromatic rings. The number of hydrogen-bond acceptors (Lipinski definition) is 5. The molecular formula is C17H20N4O3. The third kappa shape index (κ3) is 3.06. The summed E-state index contributed by atoms with van der Waals surface area (Å²) in [4.78, 5) is 16.4. The van der Waals surface area contributed by atoms with Crippen LogP contribution in [-0.2, 0) is 4.79 Å². The van der Waals surface area contributed by atoms with E-state index in [2.05, 4.69) is 15.4 Å². The summed E-state index contributed by atoms with van der Waals surface area (Å²) < 4.78 is 13.3. The van der Waals surface area contributed by atoms with E-state index in [-0.39, 0.29) is 18.6 Å². The molecule has 0 bridgehead atoms. The van der Waals surface area contributed by atoms with Gasteiger partial charge >= 0.3 is 0 Å². The zero-order chi connectivity index (χ0) is 16.4. The lowest BCUT2D eigenvalue weighted by molar-refractivity contribution is -0.131. The third-order valence-electron chi connectivity index (χ3n) is 4.65. The van der Waals surface area contributed by atoms with Crippen LogP contribution in [0.15, 0.2) is 36.9 Å². The molecule has 1 amide bonds. The predicted molar refractivity (Wildman–Crippen MR) is 85.8 cm³/mol. The molecule has 4 rings (SSSR count). The highest BCUT2D eigenvalue weighted by molar-refractivity contribution is 5.82. The monoisotopic (exact) mass is 328 g/mol. The fraction of sp³-hybridized carbons (Fsp3) is 0.471. The minimum Gasteiger partial charge on any atom is -0.485 e. The van der Waals surface area contributed by atoms with Crippen molar-refractivity contribution in [3.63, 3.8) is 0 Å². The largest absolute Gasteiger partial charge is 0.485 e. The summed E-state index contributed by atoms with van der Waals surface area (Å²) in [5.41, 5.74) is 0. The summed E-state index contributed by atoms with van der Waals surface area (Å²) in [6.45, 7) is 0.247. The number of hydrogen-bond donors (Lipinski definition) is 1. The Bertz CT molecular complexity index is 696. The van der Waals surface area contributed by atoms with E-state index < -0.39 is 6.10 Å². The number of fused-ring (bicyclic) bond motifs is 1. The molecule has 1 fully saturated rings. The SMILES string of the molecule is O=C(NC1CCC(n2cncn2)CC1)C1COc2ccccc2O1. The van der Waals surface area contributed by atoms with Crippen molar-refractivity contribution in [3.8, 4) is 11.5 Å². The van der Waals surface area contributed by atoms with E-state index in [1.54, 1.807) is 12.7 Å².